The zero-order valence-electron chi connectivity index (χ0n) is 17.9. The molecule has 1 amide bonds. The molecule has 0 fully saturated rings. The second kappa shape index (κ2) is 9.75. The minimum Gasteiger partial charge on any atom is -0.303 e. The van der Waals surface area contributed by atoms with E-state index in [4.69, 9.17) is 0 Å². The number of para-hydroxylation sites is 1. The molecule has 0 N–H and O–H groups in total. The average Bonchev–Trinajstić information content (AvgIpc) is 3.13. The quantitative estimate of drug-likeness (QED) is 0.259. The fourth-order valence-corrected chi connectivity index (χ4v) is 4.78. The van der Waals surface area contributed by atoms with Crippen LogP contribution in [0.5, 0.6) is 0 Å². The van der Waals surface area contributed by atoms with Crippen LogP contribution >= 0.6 is 0 Å². The fraction of sp³-hybridized carbons (Fsp3) is 0.321. The van der Waals surface area contributed by atoms with Gasteiger partial charge in [-0.15, -0.1) is 0 Å². The van der Waals surface area contributed by atoms with Gasteiger partial charge >= 0.3 is 0 Å². The lowest BCUT2D eigenvalue weighted by molar-refractivity contribution is -0.107. The zero-order chi connectivity index (χ0) is 20.8. The van der Waals surface area contributed by atoms with Crippen LogP contribution in [0.25, 0.3) is 11.1 Å². The summed E-state index contributed by atoms with van der Waals surface area (Å²) < 4.78 is 0. The minimum atomic E-state index is -0.0689. The topological polar surface area (TPSA) is 20.3 Å². The first-order chi connectivity index (χ1) is 14.8. The van der Waals surface area contributed by atoms with Gasteiger partial charge in [0, 0.05) is 5.69 Å². The van der Waals surface area contributed by atoms with Crippen LogP contribution in [0.2, 0.25) is 0 Å². The molecule has 3 aromatic carbocycles. The minimum absolute atomic E-state index is 0.0689. The average molecular weight is 398 g/mol. The molecule has 0 aromatic heterocycles. The van der Waals surface area contributed by atoms with Crippen molar-refractivity contribution in [3.63, 3.8) is 0 Å². The van der Waals surface area contributed by atoms with Gasteiger partial charge in [0.1, 0.15) is 0 Å². The summed E-state index contributed by atoms with van der Waals surface area (Å²) in [6, 6.07) is 25.1. The highest BCUT2D eigenvalue weighted by Crippen LogP contribution is 2.48. The number of nitrogens with zero attached hydrogens (tertiary/aromatic N) is 1. The number of amides is 1. The first kappa shape index (κ1) is 20.4. The number of rotatable bonds is 10. The Kier molecular flexibility index (Phi) is 6.63. The molecule has 0 saturated carbocycles. The maximum Gasteiger partial charge on any atom is 0.214 e. The second-order valence-corrected chi connectivity index (χ2v) is 8.24. The molecule has 30 heavy (non-hydrogen) atoms. The van der Waals surface area contributed by atoms with Crippen molar-refractivity contribution in [3.05, 3.63) is 89.5 Å². The van der Waals surface area contributed by atoms with E-state index in [1.165, 1.54) is 66.3 Å². The van der Waals surface area contributed by atoms with Crippen LogP contribution in [0, 0.1) is 0 Å². The molecule has 4 rings (SSSR count). The van der Waals surface area contributed by atoms with Crippen LogP contribution in [-0.2, 0) is 11.2 Å². The lowest BCUT2D eigenvalue weighted by Crippen LogP contribution is -2.26. The van der Waals surface area contributed by atoms with E-state index in [0.717, 1.165) is 18.5 Å². The molecule has 2 nitrogen and oxygen atoms in total. The number of unbranched alkanes of at least 4 members (excludes halogenated alkanes) is 5. The first-order valence-corrected chi connectivity index (χ1v) is 11.3. The Labute approximate surface area is 180 Å². The van der Waals surface area contributed by atoms with Crippen LogP contribution in [0.3, 0.4) is 0 Å². The number of hydrogen-bond donors (Lipinski definition) is 0. The van der Waals surface area contributed by atoms with Gasteiger partial charge in [-0.2, -0.15) is 0 Å². The zero-order valence-corrected chi connectivity index (χ0v) is 17.9. The number of carbonyl (C=O) groups is 1. The van der Waals surface area contributed by atoms with Crippen LogP contribution < -0.4 is 4.90 Å². The van der Waals surface area contributed by atoms with Gasteiger partial charge in [-0.3, -0.25) is 4.79 Å². The predicted molar refractivity (Wildman–Crippen MR) is 126 cm³/mol. The Morgan fingerprint density at radius 2 is 1.47 bits per heavy atom. The normalized spacial score (nSPS) is 14.2. The molecule has 1 aliphatic rings. The van der Waals surface area contributed by atoms with E-state index in [1.807, 2.05) is 35.2 Å². The standard InChI is InChI=1S/C28H31NO/c1-2-3-4-5-6-8-14-22-15-13-20-26-27(22)24-18-11-12-19-25(24)28(26)29(21-30)23-16-9-7-10-17-23/h7,9-13,15-21,28H,2-6,8,14H2,1H3. The van der Waals surface area contributed by atoms with E-state index in [0.29, 0.717) is 0 Å². The number of anilines is 1. The molecule has 0 spiro atoms. The SMILES string of the molecule is CCCCCCCCc1cccc2c1-c1ccccc1C2N(C=O)c1ccccc1. The first-order valence-electron chi connectivity index (χ1n) is 11.3. The third-order valence-corrected chi connectivity index (χ3v) is 6.25. The largest absolute Gasteiger partial charge is 0.303 e. The summed E-state index contributed by atoms with van der Waals surface area (Å²) in [6.45, 7) is 2.26. The highest BCUT2D eigenvalue weighted by molar-refractivity contribution is 5.87. The molecule has 0 radical (unpaired) electrons. The molecule has 1 unspecified atom stereocenters. The van der Waals surface area contributed by atoms with E-state index >= 15 is 0 Å². The molecule has 0 aliphatic heterocycles. The third kappa shape index (κ3) is 4.05. The van der Waals surface area contributed by atoms with Gasteiger partial charge in [0.15, 0.2) is 0 Å². The van der Waals surface area contributed by atoms with E-state index in [-0.39, 0.29) is 6.04 Å². The van der Waals surface area contributed by atoms with Crippen molar-refractivity contribution in [1.29, 1.82) is 0 Å². The summed E-state index contributed by atoms with van der Waals surface area (Å²) in [7, 11) is 0. The van der Waals surface area contributed by atoms with E-state index in [1.54, 1.807) is 0 Å². The Morgan fingerprint density at radius 1 is 0.767 bits per heavy atom. The Morgan fingerprint density at radius 3 is 2.27 bits per heavy atom. The smallest absolute Gasteiger partial charge is 0.214 e. The van der Waals surface area contributed by atoms with Gasteiger partial charge in [0.2, 0.25) is 6.41 Å². The summed E-state index contributed by atoms with van der Waals surface area (Å²) in [5.74, 6) is 0. The van der Waals surface area contributed by atoms with Gasteiger partial charge in [-0.1, -0.05) is 99.7 Å². The molecule has 1 atom stereocenters. The summed E-state index contributed by atoms with van der Waals surface area (Å²) in [5.41, 5.74) is 7.43. The van der Waals surface area contributed by atoms with Crippen molar-refractivity contribution in [2.24, 2.45) is 0 Å². The molecular weight excluding hydrogens is 366 g/mol. The summed E-state index contributed by atoms with van der Waals surface area (Å²) >= 11 is 0. The van der Waals surface area contributed by atoms with Crippen molar-refractivity contribution in [3.8, 4) is 11.1 Å². The number of aryl methyl sites for hydroxylation is 1. The summed E-state index contributed by atoms with van der Waals surface area (Å²) in [6.07, 6.45) is 9.90. The molecule has 0 bridgehead atoms. The van der Waals surface area contributed by atoms with Crippen molar-refractivity contribution in [2.75, 3.05) is 4.90 Å². The van der Waals surface area contributed by atoms with Crippen LogP contribution in [0.15, 0.2) is 72.8 Å². The Bertz CT molecular complexity index is 979. The summed E-state index contributed by atoms with van der Waals surface area (Å²) in [5, 5.41) is 0. The lowest BCUT2D eigenvalue weighted by atomic mass is 9.95. The highest BCUT2D eigenvalue weighted by Gasteiger charge is 2.34. The number of benzene rings is 3. The molecule has 3 aromatic rings. The van der Waals surface area contributed by atoms with Crippen LogP contribution in [-0.4, -0.2) is 6.41 Å². The maximum absolute atomic E-state index is 12.2. The maximum atomic E-state index is 12.2. The van der Waals surface area contributed by atoms with Gasteiger partial charge in [-0.25, -0.2) is 0 Å². The van der Waals surface area contributed by atoms with E-state index < -0.39 is 0 Å². The molecule has 0 heterocycles. The monoisotopic (exact) mass is 397 g/mol. The molecule has 1 aliphatic carbocycles. The predicted octanol–water partition coefficient (Wildman–Crippen LogP) is 7.32. The van der Waals surface area contributed by atoms with Crippen molar-refractivity contribution < 1.29 is 4.79 Å². The van der Waals surface area contributed by atoms with E-state index in [2.05, 4.69) is 49.4 Å². The molecule has 2 heteroatoms. The lowest BCUT2D eigenvalue weighted by Gasteiger charge is -2.27. The van der Waals surface area contributed by atoms with Gasteiger partial charge in [0.05, 0.1) is 6.04 Å². The Balaban J connectivity index is 1.66. The third-order valence-electron chi connectivity index (χ3n) is 6.25. The molecule has 0 saturated heterocycles. The van der Waals surface area contributed by atoms with Crippen molar-refractivity contribution in [2.45, 2.75) is 57.9 Å². The van der Waals surface area contributed by atoms with Gasteiger partial charge in [-0.05, 0) is 52.8 Å². The molecular formula is C28H31NO. The van der Waals surface area contributed by atoms with E-state index in [9.17, 15) is 4.79 Å². The fourth-order valence-electron chi connectivity index (χ4n) is 4.78. The van der Waals surface area contributed by atoms with Crippen molar-refractivity contribution in [1.82, 2.24) is 0 Å². The number of hydrogen-bond acceptors (Lipinski definition) is 1. The number of fused-ring (bicyclic) bond motifs is 3. The van der Waals surface area contributed by atoms with Gasteiger partial charge in [0.25, 0.3) is 0 Å². The second-order valence-electron chi connectivity index (χ2n) is 8.24. The van der Waals surface area contributed by atoms with Crippen LogP contribution in [0.1, 0.15) is 68.2 Å². The summed E-state index contributed by atoms with van der Waals surface area (Å²) in [4.78, 5) is 14.1. The van der Waals surface area contributed by atoms with Crippen LogP contribution in [0.4, 0.5) is 5.69 Å². The number of carbonyl (C=O) groups excluding carboxylic acids is 1. The van der Waals surface area contributed by atoms with Gasteiger partial charge < -0.3 is 4.90 Å². The highest BCUT2D eigenvalue weighted by atomic mass is 16.1. The van der Waals surface area contributed by atoms with Crippen molar-refractivity contribution >= 4 is 12.1 Å². The molecule has 154 valence electrons. The Hall–Kier alpha value is -2.87.